The molecule has 0 radical (unpaired) electrons. The van der Waals surface area contributed by atoms with E-state index in [9.17, 15) is 9.59 Å². The molecular weight excluding hydrogens is 496 g/mol. The number of halogens is 1. The summed E-state index contributed by atoms with van der Waals surface area (Å²) in [5.41, 5.74) is 2.30. The molecule has 0 saturated carbocycles. The molecule has 2 aromatic heterocycles. The summed E-state index contributed by atoms with van der Waals surface area (Å²) < 4.78 is 2.84. The van der Waals surface area contributed by atoms with E-state index in [4.69, 9.17) is 12.2 Å². The fraction of sp³-hybridized carbons (Fsp3) is 0.227. The normalized spacial score (nSPS) is 15.5. The highest BCUT2D eigenvalue weighted by atomic mass is 79.9. The van der Waals surface area contributed by atoms with Crippen LogP contribution in [0.3, 0.4) is 0 Å². The standard InChI is InChI=1S/C22H21BrN4O2S2/c1-3-27-21(29)19(25(2)22(27)30)9-14-12-26(18-7-6-15(23)10-17(14)18)13-20(28)24-11-16-5-4-8-31-16/h4-10,12H,3,11,13H2,1-2H3,(H,24,28)/b19-9-. The van der Waals surface area contributed by atoms with Gasteiger partial charge in [-0.3, -0.25) is 14.5 Å². The first-order valence-corrected chi connectivity index (χ1v) is 11.9. The van der Waals surface area contributed by atoms with Gasteiger partial charge in [-0.2, -0.15) is 0 Å². The van der Waals surface area contributed by atoms with E-state index in [1.807, 2.05) is 59.5 Å². The maximum Gasteiger partial charge on any atom is 0.276 e. The Bertz CT molecular complexity index is 1200. The third kappa shape index (κ3) is 4.30. The van der Waals surface area contributed by atoms with Gasteiger partial charge in [0, 0.05) is 45.6 Å². The minimum absolute atomic E-state index is 0.0696. The molecule has 0 unspecified atom stereocenters. The van der Waals surface area contributed by atoms with Gasteiger partial charge in [0.05, 0.1) is 6.54 Å². The molecule has 1 aliphatic rings. The van der Waals surface area contributed by atoms with Gasteiger partial charge in [0.25, 0.3) is 5.91 Å². The number of hydrogen-bond donors (Lipinski definition) is 1. The molecule has 31 heavy (non-hydrogen) atoms. The zero-order chi connectivity index (χ0) is 22.1. The quantitative estimate of drug-likeness (QED) is 0.394. The van der Waals surface area contributed by atoms with Crippen LogP contribution in [0.4, 0.5) is 0 Å². The number of fused-ring (bicyclic) bond motifs is 1. The first-order chi connectivity index (χ1) is 14.9. The van der Waals surface area contributed by atoms with E-state index in [-0.39, 0.29) is 18.4 Å². The van der Waals surface area contributed by atoms with Crippen molar-refractivity contribution in [2.24, 2.45) is 0 Å². The second kappa shape index (κ2) is 8.94. The topological polar surface area (TPSA) is 57.6 Å². The lowest BCUT2D eigenvalue weighted by atomic mass is 10.1. The van der Waals surface area contributed by atoms with Crippen molar-refractivity contribution >= 4 is 73.4 Å². The molecule has 1 N–H and O–H groups in total. The summed E-state index contributed by atoms with van der Waals surface area (Å²) in [5.74, 6) is -0.181. The first-order valence-electron chi connectivity index (χ1n) is 9.77. The lowest BCUT2D eigenvalue weighted by molar-refractivity contribution is -0.123. The molecule has 3 heterocycles. The number of benzene rings is 1. The second-order valence-electron chi connectivity index (χ2n) is 7.15. The van der Waals surface area contributed by atoms with E-state index in [1.54, 1.807) is 28.2 Å². The molecule has 1 aliphatic heterocycles. The fourth-order valence-corrected chi connectivity index (χ4v) is 4.91. The molecule has 0 bridgehead atoms. The summed E-state index contributed by atoms with van der Waals surface area (Å²) in [6.45, 7) is 3.13. The number of aromatic nitrogens is 1. The number of rotatable bonds is 6. The summed E-state index contributed by atoms with van der Waals surface area (Å²) in [7, 11) is 1.80. The molecule has 160 valence electrons. The minimum Gasteiger partial charge on any atom is -0.350 e. The number of carbonyl (C=O) groups excluding carboxylic acids is 2. The highest BCUT2D eigenvalue weighted by Crippen LogP contribution is 2.29. The number of nitrogens with zero attached hydrogens (tertiary/aromatic N) is 3. The van der Waals surface area contributed by atoms with E-state index in [1.165, 1.54) is 0 Å². The van der Waals surface area contributed by atoms with Crippen LogP contribution in [0.1, 0.15) is 17.4 Å². The van der Waals surface area contributed by atoms with Crippen LogP contribution in [0.25, 0.3) is 17.0 Å². The molecular formula is C22H21BrN4O2S2. The molecule has 3 aromatic rings. The average Bonchev–Trinajstić information content (AvgIpc) is 3.42. The van der Waals surface area contributed by atoms with Gasteiger partial charge in [-0.1, -0.05) is 22.0 Å². The maximum absolute atomic E-state index is 12.8. The van der Waals surface area contributed by atoms with Crippen molar-refractivity contribution in [3.63, 3.8) is 0 Å². The number of likely N-dealkylation sites (N-methyl/N-ethyl adjacent to an activating group) is 2. The van der Waals surface area contributed by atoms with Gasteiger partial charge in [0.2, 0.25) is 5.91 Å². The Morgan fingerprint density at radius 3 is 2.81 bits per heavy atom. The van der Waals surface area contributed by atoms with E-state index in [0.29, 0.717) is 23.9 Å². The maximum atomic E-state index is 12.8. The third-order valence-electron chi connectivity index (χ3n) is 5.18. The van der Waals surface area contributed by atoms with Crippen molar-refractivity contribution in [2.45, 2.75) is 20.0 Å². The Labute approximate surface area is 198 Å². The van der Waals surface area contributed by atoms with Crippen LogP contribution in [0.2, 0.25) is 0 Å². The van der Waals surface area contributed by atoms with Crippen LogP contribution in [0.15, 0.2) is 52.1 Å². The predicted octanol–water partition coefficient (Wildman–Crippen LogP) is 4.20. The lowest BCUT2D eigenvalue weighted by Crippen LogP contribution is -2.30. The summed E-state index contributed by atoms with van der Waals surface area (Å²) >= 11 is 10.5. The third-order valence-corrected chi connectivity index (χ3v) is 7.04. The number of carbonyl (C=O) groups is 2. The summed E-state index contributed by atoms with van der Waals surface area (Å²) in [4.78, 5) is 29.8. The fourth-order valence-electron chi connectivity index (χ4n) is 3.59. The van der Waals surface area contributed by atoms with E-state index in [2.05, 4.69) is 21.2 Å². The van der Waals surface area contributed by atoms with Crippen LogP contribution < -0.4 is 5.32 Å². The molecule has 6 nitrogen and oxygen atoms in total. The minimum atomic E-state index is -0.111. The van der Waals surface area contributed by atoms with E-state index >= 15 is 0 Å². The van der Waals surface area contributed by atoms with Crippen molar-refractivity contribution in [3.05, 3.63) is 62.5 Å². The number of hydrogen-bond acceptors (Lipinski definition) is 4. The van der Waals surface area contributed by atoms with Crippen molar-refractivity contribution in [1.82, 2.24) is 19.7 Å². The SMILES string of the molecule is CCN1C(=O)/C(=C/c2cn(CC(=O)NCc3cccs3)c3ccc(Br)cc23)N(C)C1=S. The smallest absolute Gasteiger partial charge is 0.276 e. The van der Waals surface area contributed by atoms with Gasteiger partial charge >= 0.3 is 0 Å². The molecule has 2 amide bonds. The van der Waals surface area contributed by atoms with Crippen molar-refractivity contribution in [2.75, 3.05) is 13.6 Å². The van der Waals surface area contributed by atoms with Crippen molar-refractivity contribution < 1.29 is 9.59 Å². The number of nitrogens with one attached hydrogen (secondary N) is 1. The molecule has 0 aliphatic carbocycles. The Balaban J connectivity index is 1.65. The molecule has 1 fully saturated rings. The largest absolute Gasteiger partial charge is 0.350 e. The molecule has 1 aromatic carbocycles. The van der Waals surface area contributed by atoms with Crippen LogP contribution in [-0.2, 0) is 22.7 Å². The van der Waals surface area contributed by atoms with Crippen LogP contribution >= 0.6 is 39.5 Å². The molecule has 0 atom stereocenters. The molecule has 9 heteroatoms. The van der Waals surface area contributed by atoms with Gasteiger partial charge in [0.1, 0.15) is 12.2 Å². The van der Waals surface area contributed by atoms with Gasteiger partial charge in [-0.05, 0) is 54.9 Å². The number of thiophene rings is 1. The Morgan fingerprint density at radius 2 is 2.13 bits per heavy atom. The Morgan fingerprint density at radius 1 is 1.32 bits per heavy atom. The van der Waals surface area contributed by atoms with Gasteiger partial charge in [-0.15, -0.1) is 11.3 Å². The Hall–Kier alpha value is -2.49. The lowest BCUT2D eigenvalue weighted by Gasteiger charge is -2.13. The zero-order valence-corrected chi connectivity index (χ0v) is 20.3. The molecule has 4 rings (SSSR count). The highest BCUT2D eigenvalue weighted by molar-refractivity contribution is 9.10. The Kier molecular flexibility index (Phi) is 6.27. The van der Waals surface area contributed by atoms with Gasteiger partial charge < -0.3 is 14.8 Å². The van der Waals surface area contributed by atoms with Crippen molar-refractivity contribution in [1.29, 1.82) is 0 Å². The average molecular weight is 517 g/mol. The predicted molar refractivity (Wildman–Crippen MR) is 132 cm³/mol. The van der Waals surface area contributed by atoms with Crippen molar-refractivity contribution in [3.8, 4) is 0 Å². The number of thiocarbonyl (C=S) groups is 1. The summed E-state index contributed by atoms with van der Waals surface area (Å²) in [5, 5.41) is 6.41. The summed E-state index contributed by atoms with van der Waals surface area (Å²) in [6.07, 6.45) is 3.76. The van der Waals surface area contributed by atoms with Gasteiger partial charge in [0.15, 0.2) is 5.11 Å². The van der Waals surface area contributed by atoms with E-state index in [0.717, 1.165) is 25.8 Å². The van der Waals surface area contributed by atoms with E-state index < -0.39 is 0 Å². The second-order valence-corrected chi connectivity index (χ2v) is 9.46. The first kappa shape index (κ1) is 21.7. The summed E-state index contributed by atoms with van der Waals surface area (Å²) in [6, 6.07) is 9.88. The van der Waals surface area contributed by atoms with Crippen LogP contribution in [0.5, 0.6) is 0 Å². The van der Waals surface area contributed by atoms with Crippen LogP contribution in [0, 0.1) is 0 Å². The molecule has 0 spiro atoms. The monoisotopic (exact) mass is 516 g/mol. The van der Waals surface area contributed by atoms with Gasteiger partial charge in [-0.25, -0.2) is 0 Å². The highest BCUT2D eigenvalue weighted by Gasteiger charge is 2.34. The van der Waals surface area contributed by atoms with Crippen LogP contribution in [-0.4, -0.2) is 44.9 Å². The molecule has 1 saturated heterocycles. The zero-order valence-electron chi connectivity index (χ0n) is 17.1. The number of amides is 2.